The second kappa shape index (κ2) is 33.1. The standard InChI is InChI=1S/C61H76.C4H10.C2H6/c1-16-43(8)41-53(39-36-48(13)47(12)29-28-34-57(46(11)19-4)52-30-24-23-25-31-52)60-55(21-6)56(22-7)61(59-33-27-26-32-58(59)60)54(42-44(9)17-2)40-37-50(15)49(14)35-38-51(20-5)45(10)18-3;1-3-4-2;1-2/h20-42,44-45,49H,6-7,15-19H2,1-5,8-14H3;3-4H2,1-2H3;1-2H3/b34-28-,38-35-,40-37-,43-41-,47-29+,48-36+,51-20+,53-39+,54-42+,57-46-;;. The highest BCUT2D eigenvalue weighted by Gasteiger charge is 2.20. The molecular weight excluding hydrogens is 805 g/mol. The highest BCUT2D eigenvalue weighted by Crippen LogP contribution is 2.41. The van der Waals surface area contributed by atoms with Crippen molar-refractivity contribution in [2.24, 2.45) is 17.8 Å². The fraction of sp³-hybridized carbons (Fsp3) is 0.373. The molecule has 3 aromatic carbocycles. The molecule has 0 aliphatic carbocycles. The maximum atomic E-state index is 4.54. The lowest BCUT2D eigenvalue weighted by Gasteiger charge is -2.22. The molecular formula is C67H92. The van der Waals surface area contributed by atoms with Crippen LogP contribution in [0.2, 0.25) is 0 Å². The number of hydrogen-bond donors (Lipinski definition) is 0. The van der Waals surface area contributed by atoms with Crippen molar-refractivity contribution in [3.63, 3.8) is 0 Å². The zero-order valence-electron chi connectivity index (χ0n) is 45.4. The van der Waals surface area contributed by atoms with E-state index in [0.29, 0.717) is 11.8 Å². The van der Waals surface area contributed by atoms with Gasteiger partial charge in [0.15, 0.2) is 0 Å². The minimum atomic E-state index is 0.197. The van der Waals surface area contributed by atoms with E-state index in [-0.39, 0.29) is 5.92 Å². The van der Waals surface area contributed by atoms with Gasteiger partial charge in [0.05, 0.1) is 0 Å². The first-order valence-electron chi connectivity index (χ1n) is 25.6. The molecule has 67 heavy (non-hydrogen) atoms. The van der Waals surface area contributed by atoms with E-state index in [2.05, 4.69) is 244 Å². The number of hydrogen-bond acceptors (Lipinski definition) is 0. The molecule has 360 valence electrons. The Kier molecular flexibility index (Phi) is 29.4. The highest BCUT2D eigenvalue weighted by atomic mass is 14.2. The van der Waals surface area contributed by atoms with Gasteiger partial charge >= 0.3 is 0 Å². The second-order valence-corrected chi connectivity index (χ2v) is 17.6. The van der Waals surface area contributed by atoms with Crippen molar-refractivity contribution >= 4 is 39.6 Å². The first kappa shape index (κ1) is 59.6. The molecule has 3 unspecified atom stereocenters. The molecule has 0 spiro atoms. The second-order valence-electron chi connectivity index (χ2n) is 17.6. The average Bonchev–Trinajstić information content (AvgIpc) is 3.36. The van der Waals surface area contributed by atoms with Crippen LogP contribution in [-0.2, 0) is 0 Å². The van der Waals surface area contributed by atoms with Crippen molar-refractivity contribution in [1.82, 2.24) is 0 Å². The molecule has 0 nitrogen and oxygen atoms in total. The molecule has 0 heterocycles. The Hall–Kier alpha value is -5.46. The van der Waals surface area contributed by atoms with Crippen LogP contribution in [0.1, 0.15) is 177 Å². The molecule has 0 fully saturated rings. The summed E-state index contributed by atoms with van der Waals surface area (Å²) in [4.78, 5) is 0. The van der Waals surface area contributed by atoms with Crippen molar-refractivity contribution < 1.29 is 0 Å². The summed E-state index contributed by atoms with van der Waals surface area (Å²) in [6.07, 6.45) is 38.1. The molecule has 0 aliphatic rings. The van der Waals surface area contributed by atoms with Crippen molar-refractivity contribution in [3.8, 4) is 0 Å². The van der Waals surface area contributed by atoms with Crippen LogP contribution in [0.5, 0.6) is 0 Å². The molecule has 0 bridgehead atoms. The third kappa shape index (κ3) is 18.6. The van der Waals surface area contributed by atoms with Gasteiger partial charge in [-0.2, -0.15) is 0 Å². The van der Waals surface area contributed by atoms with E-state index in [1.807, 2.05) is 26.0 Å². The minimum absolute atomic E-state index is 0.197. The van der Waals surface area contributed by atoms with Crippen LogP contribution in [0, 0.1) is 17.8 Å². The number of fused-ring (bicyclic) bond motifs is 1. The average molecular weight is 897 g/mol. The first-order chi connectivity index (χ1) is 32.2. The quantitative estimate of drug-likeness (QED) is 0.0882. The summed E-state index contributed by atoms with van der Waals surface area (Å²) >= 11 is 0. The highest BCUT2D eigenvalue weighted by molar-refractivity contribution is 6.09. The Bertz CT molecular complexity index is 2340. The Labute approximate surface area is 413 Å². The van der Waals surface area contributed by atoms with Gasteiger partial charge in [0, 0.05) is 0 Å². The number of allylic oxidation sites excluding steroid dienone is 21. The Morgan fingerprint density at radius 1 is 0.627 bits per heavy atom. The van der Waals surface area contributed by atoms with Crippen LogP contribution in [0.25, 0.3) is 39.6 Å². The number of rotatable bonds is 22. The monoisotopic (exact) mass is 897 g/mol. The van der Waals surface area contributed by atoms with Crippen molar-refractivity contribution in [2.45, 2.75) is 149 Å². The number of unbranched alkanes of at least 4 members (excludes halogenated alkanes) is 1. The lowest BCUT2D eigenvalue weighted by atomic mass is 9.81. The fourth-order valence-electron chi connectivity index (χ4n) is 7.31. The van der Waals surface area contributed by atoms with Gasteiger partial charge in [0.1, 0.15) is 0 Å². The molecule has 0 amide bonds. The summed E-state index contributed by atoms with van der Waals surface area (Å²) in [5, 5.41) is 2.39. The SMILES string of the molecule is C=Cc1c(C=C)c(C(/C=C\C(=C)C(C)/C=C\C(=C/C)C(C)CC)=C/C(C)CC)c2ccccc2c1C(/C=C(/C)CC)=C/C=C(C)/C(C)=C/C=C\C(=C(/C)CC)c1ccccc1.CC.CCCC. The summed E-state index contributed by atoms with van der Waals surface area (Å²) in [5.74, 6) is 1.11. The number of benzene rings is 3. The van der Waals surface area contributed by atoms with Crippen LogP contribution in [0.15, 0.2) is 181 Å². The molecule has 3 rings (SSSR count). The van der Waals surface area contributed by atoms with Crippen LogP contribution >= 0.6 is 0 Å². The van der Waals surface area contributed by atoms with E-state index in [9.17, 15) is 0 Å². The maximum Gasteiger partial charge on any atom is -0.00131 e. The molecule has 0 heteroatoms. The predicted octanol–water partition coefficient (Wildman–Crippen LogP) is 21.8. The molecule has 3 aromatic rings. The van der Waals surface area contributed by atoms with Gasteiger partial charge in [0.2, 0.25) is 0 Å². The van der Waals surface area contributed by atoms with E-state index in [0.717, 1.165) is 48.0 Å². The topological polar surface area (TPSA) is 0 Å². The van der Waals surface area contributed by atoms with Gasteiger partial charge in [-0.25, -0.2) is 0 Å². The maximum absolute atomic E-state index is 4.54. The van der Waals surface area contributed by atoms with Crippen LogP contribution in [0.4, 0.5) is 0 Å². The third-order valence-corrected chi connectivity index (χ3v) is 12.8. The summed E-state index contributed by atoms with van der Waals surface area (Å²) in [7, 11) is 0. The lowest BCUT2D eigenvalue weighted by Crippen LogP contribution is -2.02. The fourth-order valence-corrected chi connectivity index (χ4v) is 7.31. The molecule has 0 saturated heterocycles. The Morgan fingerprint density at radius 3 is 1.67 bits per heavy atom. The van der Waals surface area contributed by atoms with E-state index < -0.39 is 0 Å². The van der Waals surface area contributed by atoms with Crippen LogP contribution in [0.3, 0.4) is 0 Å². The van der Waals surface area contributed by atoms with Gasteiger partial charge < -0.3 is 0 Å². The lowest BCUT2D eigenvalue weighted by molar-refractivity contribution is 0.668. The first-order valence-corrected chi connectivity index (χ1v) is 25.6. The molecule has 3 atom stereocenters. The van der Waals surface area contributed by atoms with E-state index in [1.54, 1.807) is 0 Å². The van der Waals surface area contributed by atoms with Crippen molar-refractivity contribution in [3.05, 3.63) is 209 Å². The van der Waals surface area contributed by atoms with Crippen molar-refractivity contribution in [1.29, 1.82) is 0 Å². The minimum Gasteiger partial charge on any atom is -0.0984 e. The smallest absolute Gasteiger partial charge is 0.00131 e. The molecule has 0 aliphatic heterocycles. The normalized spacial score (nSPS) is 14.9. The van der Waals surface area contributed by atoms with E-state index >= 15 is 0 Å². The predicted molar refractivity (Wildman–Crippen MR) is 311 cm³/mol. The Balaban J connectivity index is 0.00000354. The summed E-state index contributed by atoms with van der Waals surface area (Å²) in [6, 6.07) is 19.5. The van der Waals surface area contributed by atoms with E-state index in [4.69, 9.17) is 0 Å². The summed E-state index contributed by atoms with van der Waals surface area (Å²) in [5.41, 5.74) is 17.0. The van der Waals surface area contributed by atoms with Gasteiger partial charge in [-0.15, -0.1) is 0 Å². The largest absolute Gasteiger partial charge is 0.0984 e. The zero-order chi connectivity index (χ0) is 50.5. The molecule has 0 radical (unpaired) electrons. The van der Waals surface area contributed by atoms with E-state index in [1.165, 1.54) is 79.3 Å². The Morgan fingerprint density at radius 2 is 1.18 bits per heavy atom. The zero-order valence-corrected chi connectivity index (χ0v) is 45.4. The van der Waals surface area contributed by atoms with Gasteiger partial charge in [-0.05, 0) is 149 Å². The third-order valence-electron chi connectivity index (χ3n) is 12.8. The summed E-state index contributed by atoms with van der Waals surface area (Å²) in [6.45, 7) is 48.5. The van der Waals surface area contributed by atoms with Crippen LogP contribution in [-0.4, -0.2) is 0 Å². The summed E-state index contributed by atoms with van der Waals surface area (Å²) < 4.78 is 0. The molecule has 0 saturated carbocycles. The molecule has 0 aromatic heterocycles. The van der Waals surface area contributed by atoms with Gasteiger partial charge in [-0.1, -0.05) is 266 Å². The van der Waals surface area contributed by atoms with Gasteiger partial charge in [-0.3, -0.25) is 0 Å². The van der Waals surface area contributed by atoms with Gasteiger partial charge in [0.25, 0.3) is 0 Å². The van der Waals surface area contributed by atoms with Crippen molar-refractivity contribution in [2.75, 3.05) is 0 Å². The van der Waals surface area contributed by atoms with Crippen LogP contribution < -0.4 is 0 Å². The molecule has 0 N–H and O–H groups in total.